The number of rotatable bonds is 3. The van der Waals surface area contributed by atoms with Gasteiger partial charge in [0.05, 0.1) is 6.61 Å². The third-order valence-corrected chi connectivity index (χ3v) is 5.00. The maximum atomic E-state index is 12.5. The summed E-state index contributed by atoms with van der Waals surface area (Å²) in [6.07, 6.45) is 6.23. The van der Waals surface area contributed by atoms with E-state index in [-0.39, 0.29) is 29.8 Å². The highest BCUT2D eigenvalue weighted by atomic mass is 35.5. The Kier molecular flexibility index (Phi) is 6.22. The Morgan fingerprint density at radius 3 is 2.48 bits per heavy atom. The number of amides is 1. The van der Waals surface area contributed by atoms with Crippen molar-refractivity contribution < 1.29 is 9.53 Å². The molecule has 1 atom stereocenters. The highest BCUT2D eigenvalue weighted by Crippen LogP contribution is 2.34. The van der Waals surface area contributed by atoms with E-state index in [4.69, 9.17) is 10.5 Å². The number of hydrogen-bond acceptors (Lipinski definition) is 3. The third-order valence-electron chi connectivity index (χ3n) is 5.00. The van der Waals surface area contributed by atoms with Gasteiger partial charge in [0.1, 0.15) is 6.10 Å². The molecule has 1 amide bonds. The van der Waals surface area contributed by atoms with Crippen LogP contribution >= 0.6 is 12.4 Å². The van der Waals surface area contributed by atoms with Gasteiger partial charge < -0.3 is 15.4 Å². The Hall–Kier alpha value is -1.36. The van der Waals surface area contributed by atoms with Crippen LogP contribution in [-0.4, -0.2) is 43.2 Å². The van der Waals surface area contributed by atoms with Crippen LogP contribution in [0.2, 0.25) is 0 Å². The highest BCUT2D eigenvalue weighted by Gasteiger charge is 2.37. The van der Waals surface area contributed by atoms with Crippen LogP contribution in [0.4, 0.5) is 0 Å². The summed E-state index contributed by atoms with van der Waals surface area (Å²) in [4.78, 5) is 14.5. The van der Waals surface area contributed by atoms with Gasteiger partial charge in [0.25, 0.3) is 5.91 Å². The summed E-state index contributed by atoms with van der Waals surface area (Å²) in [6, 6.07) is 10.5. The largest absolute Gasteiger partial charge is 0.364 e. The molecule has 0 saturated carbocycles. The van der Waals surface area contributed by atoms with Gasteiger partial charge in [-0.2, -0.15) is 0 Å². The van der Waals surface area contributed by atoms with Crippen molar-refractivity contribution in [1.29, 1.82) is 0 Å². The molecule has 4 nitrogen and oxygen atoms in total. The van der Waals surface area contributed by atoms with Crippen LogP contribution < -0.4 is 5.73 Å². The van der Waals surface area contributed by atoms with E-state index in [0.29, 0.717) is 19.6 Å². The molecule has 1 aromatic carbocycles. The fourth-order valence-corrected chi connectivity index (χ4v) is 3.46. The van der Waals surface area contributed by atoms with Crippen LogP contribution in [0.5, 0.6) is 0 Å². The van der Waals surface area contributed by atoms with Gasteiger partial charge in [0, 0.05) is 31.5 Å². The van der Waals surface area contributed by atoms with Crippen LogP contribution in [0, 0.1) is 0 Å². The first-order valence-corrected chi connectivity index (χ1v) is 8.06. The van der Waals surface area contributed by atoms with Crippen LogP contribution in [0.3, 0.4) is 0 Å². The van der Waals surface area contributed by atoms with Gasteiger partial charge in [0.2, 0.25) is 0 Å². The number of ether oxygens (including phenoxy) is 1. The van der Waals surface area contributed by atoms with Crippen molar-refractivity contribution in [1.82, 2.24) is 4.90 Å². The van der Waals surface area contributed by atoms with Crippen molar-refractivity contribution >= 4 is 18.3 Å². The molecule has 1 unspecified atom stereocenters. The zero-order valence-electron chi connectivity index (χ0n) is 13.3. The minimum Gasteiger partial charge on any atom is -0.364 e. The van der Waals surface area contributed by atoms with Gasteiger partial charge in [-0.3, -0.25) is 4.79 Å². The van der Waals surface area contributed by atoms with E-state index in [1.165, 1.54) is 5.56 Å². The monoisotopic (exact) mass is 336 g/mol. The Morgan fingerprint density at radius 1 is 1.22 bits per heavy atom. The van der Waals surface area contributed by atoms with Crippen molar-refractivity contribution in [2.45, 2.75) is 30.8 Å². The quantitative estimate of drug-likeness (QED) is 0.861. The second kappa shape index (κ2) is 7.95. The summed E-state index contributed by atoms with van der Waals surface area (Å²) in [5.74, 6) is 0.128. The smallest absolute Gasteiger partial charge is 0.252 e. The van der Waals surface area contributed by atoms with Crippen molar-refractivity contribution in [3.05, 3.63) is 48.0 Å². The van der Waals surface area contributed by atoms with Gasteiger partial charge >= 0.3 is 0 Å². The van der Waals surface area contributed by atoms with Gasteiger partial charge in [0.15, 0.2) is 0 Å². The lowest BCUT2D eigenvalue weighted by molar-refractivity contribution is -0.145. The highest BCUT2D eigenvalue weighted by molar-refractivity contribution is 5.85. The number of halogens is 1. The predicted molar refractivity (Wildman–Crippen MR) is 93.7 cm³/mol. The van der Waals surface area contributed by atoms with E-state index >= 15 is 0 Å². The number of carbonyl (C=O) groups is 1. The second-order valence-electron chi connectivity index (χ2n) is 6.20. The predicted octanol–water partition coefficient (Wildman–Crippen LogP) is 2.27. The first-order valence-electron chi connectivity index (χ1n) is 8.06. The van der Waals surface area contributed by atoms with Crippen LogP contribution in [0.15, 0.2) is 42.5 Å². The molecule has 1 aromatic rings. The fourth-order valence-electron chi connectivity index (χ4n) is 3.46. The lowest BCUT2D eigenvalue weighted by Crippen LogP contribution is -2.51. The SMILES string of the molecule is Cl.NCC1(c2ccccc2)CCN(C(=O)C2CC=CCO2)CC1. The van der Waals surface area contributed by atoms with E-state index in [1.807, 2.05) is 23.1 Å². The van der Waals surface area contributed by atoms with E-state index in [1.54, 1.807) is 0 Å². The average molecular weight is 337 g/mol. The molecule has 5 heteroatoms. The van der Waals surface area contributed by atoms with Crippen molar-refractivity contribution in [2.75, 3.05) is 26.2 Å². The lowest BCUT2D eigenvalue weighted by atomic mass is 9.73. The maximum absolute atomic E-state index is 12.5. The van der Waals surface area contributed by atoms with Gasteiger partial charge in [-0.15, -0.1) is 12.4 Å². The van der Waals surface area contributed by atoms with Gasteiger partial charge in [-0.25, -0.2) is 0 Å². The summed E-state index contributed by atoms with van der Waals surface area (Å²) in [6.45, 7) is 2.69. The molecular formula is C18H25ClN2O2. The first kappa shape index (κ1) is 18.0. The van der Waals surface area contributed by atoms with E-state index in [0.717, 1.165) is 25.9 Å². The van der Waals surface area contributed by atoms with Gasteiger partial charge in [-0.05, 0) is 18.4 Å². The number of nitrogens with two attached hydrogens (primary N) is 1. The fraction of sp³-hybridized carbons (Fsp3) is 0.500. The first-order chi connectivity index (χ1) is 10.7. The zero-order valence-corrected chi connectivity index (χ0v) is 14.1. The Morgan fingerprint density at radius 2 is 1.91 bits per heavy atom. The molecule has 126 valence electrons. The van der Waals surface area contributed by atoms with E-state index in [2.05, 4.69) is 24.3 Å². The van der Waals surface area contributed by atoms with E-state index in [9.17, 15) is 4.79 Å². The number of nitrogens with zero attached hydrogens (tertiary/aromatic N) is 1. The summed E-state index contributed by atoms with van der Waals surface area (Å²) in [5.41, 5.74) is 7.40. The molecule has 23 heavy (non-hydrogen) atoms. The lowest BCUT2D eigenvalue weighted by Gasteiger charge is -2.42. The zero-order chi connectivity index (χ0) is 15.4. The number of benzene rings is 1. The molecule has 0 bridgehead atoms. The molecule has 2 aliphatic heterocycles. The molecule has 2 heterocycles. The molecule has 0 spiro atoms. The molecule has 3 rings (SSSR count). The van der Waals surface area contributed by atoms with Gasteiger partial charge in [-0.1, -0.05) is 42.5 Å². The molecule has 2 aliphatic rings. The van der Waals surface area contributed by atoms with Crippen LogP contribution in [0.25, 0.3) is 0 Å². The molecule has 2 N–H and O–H groups in total. The van der Waals surface area contributed by atoms with Crippen LogP contribution in [-0.2, 0) is 14.9 Å². The average Bonchev–Trinajstić information content (AvgIpc) is 2.63. The number of carbonyl (C=O) groups excluding carboxylic acids is 1. The topological polar surface area (TPSA) is 55.6 Å². The van der Waals surface area contributed by atoms with Crippen molar-refractivity contribution in [2.24, 2.45) is 5.73 Å². The molecule has 1 fully saturated rings. The Bertz CT molecular complexity index is 539. The standard InChI is InChI=1S/C18H24N2O2.ClH/c19-14-18(15-6-2-1-3-7-15)9-11-20(12-10-18)17(21)16-8-4-5-13-22-16;/h1-7,16H,8-14,19H2;1H. The maximum Gasteiger partial charge on any atom is 0.252 e. The number of likely N-dealkylation sites (tertiary alicyclic amines) is 1. The summed E-state index contributed by atoms with van der Waals surface area (Å²) in [7, 11) is 0. The minimum atomic E-state index is -0.299. The van der Waals surface area contributed by atoms with E-state index < -0.39 is 0 Å². The molecule has 0 aliphatic carbocycles. The summed E-state index contributed by atoms with van der Waals surface area (Å²) in [5, 5.41) is 0. The van der Waals surface area contributed by atoms with Crippen molar-refractivity contribution in [3.63, 3.8) is 0 Å². The minimum absolute atomic E-state index is 0. The normalized spacial score (nSPS) is 23.2. The number of piperidine rings is 1. The molecule has 0 aromatic heterocycles. The third kappa shape index (κ3) is 3.77. The Balaban J connectivity index is 0.00000192. The molecule has 0 radical (unpaired) electrons. The number of hydrogen-bond donors (Lipinski definition) is 1. The van der Waals surface area contributed by atoms with Crippen molar-refractivity contribution in [3.8, 4) is 0 Å². The summed E-state index contributed by atoms with van der Waals surface area (Å²) >= 11 is 0. The van der Waals surface area contributed by atoms with Crippen LogP contribution in [0.1, 0.15) is 24.8 Å². The second-order valence-corrected chi connectivity index (χ2v) is 6.20. The summed E-state index contributed by atoms with van der Waals surface area (Å²) < 4.78 is 5.55. The molecule has 1 saturated heterocycles. The Labute approximate surface area is 144 Å². The molecular weight excluding hydrogens is 312 g/mol.